The Bertz CT molecular complexity index is 589. The topological polar surface area (TPSA) is 29.3 Å². The molecule has 2 nitrogen and oxygen atoms in total. The van der Waals surface area contributed by atoms with E-state index >= 15 is 0 Å². The molecule has 2 N–H and O–H groups in total. The zero-order chi connectivity index (χ0) is 13.5. The van der Waals surface area contributed by atoms with E-state index in [4.69, 9.17) is 5.73 Å². The maximum atomic E-state index is 6.19. The molecule has 102 valence electrons. The van der Waals surface area contributed by atoms with Gasteiger partial charge in [-0.1, -0.05) is 48.5 Å². The van der Waals surface area contributed by atoms with Crippen LogP contribution in [0.5, 0.6) is 0 Å². The SMILES string of the molecule is N[C@@H]1CCCN(C2c3ccccc3-c3ccccc32)C1. The summed E-state index contributed by atoms with van der Waals surface area (Å²) in [5, 5.41) is 0. The van der Waals surface area contributed by atoms with Gasteiger partial charge in [0.05, 0.1) is 6.04 Å². The first kappa shape index (κ1) is 12.1. The van der Waals surface area contributed by atoms with Gasteiger partial charge in [0.2, 0.25) is 0 Å². The average Bonchev–Trinajstić information content (AvgIpc) is 2.82. The van der Waals surface area contributed by atoms with Gasteiger partial charge < -0.3 is 5.73 Å². The molecule has 2 aliphatic rings. The molecule has 2 aromatic carbocycles. The molecular formula is C18H20N2. The van der Waals surface area contributed by atoms with Gasteiger partial charge in [0, 0.05) is 12.6 Å². The molecule has 0 aromatic heterocycles. The van der Waals surface area contributed by atoms with Crippen molar-refractivity contribution in [3.63, 3.8) is 0 Å². The number of hydrogen-bond acceptors (Lipinski definition) is 2. The first-order valence-electron chi connectivity index (χ1n) is 7.52. The van der Waals surface area contributed by atoms with E-state index in [1.54, 1.807) is 0 Å². The highest BCUT2D eigenvalue weighted by Crippen LogP contribution is 2.46. The van der Waals surface area contributed by atoms with Crippen LogP contribution in [0.25, 0.3) is 11.1 Å². The van der Waals surface area contributed by atoms with Crippen LogP contribution in [0.3, 0.4) is 0 Å². The van der Waals surface area contributed by atoms with Crippen LogP contribution in [0.4, 0.5) is 0 Å². The lowest BCUT2D eigenvalue weighted by molar-refractivity contribution is 0.173. The predicted octanol–water partition coefficient (Wildman–Crippen LogP) is 3.18. The van der Waals surface area contributed by atoms with Crippen molar-refractivity contribution >= 4 is 0 Å². The Balaban J connectivity index is 1.83. The first-order valence-corrected chi connectivity index (χ1v) is 7.52. The summed E-state index contributed by atoms with van der Waals surface area (Å²) in [6.07, 6.45) is 2.37. The predicted molar refractivity (Wildman–Crippen MR) is 82.5 cm³/mol. The van der Waals surface area contributed by atoms with Crippen molar-refractivity contribution in [3.8, 4) is 11.1 Å². The molecule has 1 aliphatic carbocycles. The van der Waals surface area contributed by atoms with Crippen molar-refractivity contribution in [1.29, 1.82) is 0 Å². The summed E-state index contributed by atoms with van der Waals surface area (Å²) in [7, 11) is 0. The van der Waals surface area contributed by atoms with Crippen LogP contribution < -0.4 is 5.73 Å². The van der Waals surface area contributed by atoms with Gasteiger partial charge in [-0.25, -0.2) is 0 Å². The summed E-state index contributed by atoms with van der Waals surface area (Å²) >= 11 is 0. The Labute approximate surface area is 120 Å². The van der Waals surface area contributed by atoms with Gasteiger partial charge in [-0.15, -0.1) is 0 Å². The van der Waals surface area contributed by atoms with Crippen LogP contribution in [-0.2, 0) is 0 Å². The van der Waals surface area contributed by atoms with Crippen LogP contribution in [0.2, 0.25) is 0 Å². The summed E-state index contributed by atoms with van der Waals surface area (Å²) in [5.74, 6) is 0. The highest BCUT2D eigenvalue weighted by atomic mass is 15.2. The summed E-state index contributed by atoms with van der Waals surface area (Å²) in [6, 6.07) is 18.4. The third-order valence-electron chi connectivity index (χ3n) is 4.66. The fraction of sp³-hybridized carbons (Fsp3) is 0.333. The van der Waals surface area contributed by atoms with Crippen LogP contribution in [-0.4, -0.2) is 24.0 Å². The second kappa shape index (κ2) is 4.72. The van der Waals surface area contributed by atoms with Crippen LogP contribution in [0.1, 0.15) is 30.0 Å². The summed E-state index contributed by atoms with van der Waals surface area (Å²) in [4.78, 5) is 2.57. The van der Waals surface area contributed by atoms with Crippen molar-refractivity contribution in [2.75, 3.05) is 13.1 Å². The van der Waals surface area contributed by atoms with E-state index in [1.807, 2.05) is 0 Å². The third kappa shape index (κ3) is 1.80. The molecule has 1 heterocycles. The normalized spacial score (nSPS) is 22.6. The quantitative estimate of drug-likeness (QED) is 0.857. The van der Waals surface area contributed by atoms with Crippen LogP contribution in [0, 0.1) is 0 Å². The van der Waals surface area contributed by atoms with Gasteiger partial charge in [0.15, 0.2) is 0 Å². The molecule has 4 rings (SSSR count). The molecule has 2 aromatic rings. The van der Waals surface area contributed by atoms with Crippen LogP contribution in [0.15, 0.2) is 48.5 Å². The lowest BCUT2D eigenvalue weighted by Gasteiger charge is -2.36. The number of likely N-dealkylation sites (tertiary alicyclic amines) is 1. The second-order valence-electron chi connectivity index (χ2n) is 5.97. The molecule has 1 saturated heterocycles. The van der Waals surface area contributed by atoms with E-state index in [9.17, 15) is 0 Å². The lowest BCUT2D eigenvalue weighted by atomic mass is 9.98. The van der Waals surface area contributed by atoms with Crippen molar-refractivity contribution in [1.82, 2.24) is 4.90 Å². The third-order valence-corrected chi connectivity index (χ3v) is 4.66. The Morgan fingerprint density at radius 1 is 0.900 bits per heavy atom. The highest BCUT2D eigenvalue weighted by molar-refractivity contribution is 5.78. The fourth-order valence-corrected chi connectivity index (χ4v) is 3.80. The molecule has 1 fully saturated rings. The Morgan fingerprint density at radius 2 is 1.50 bits per heavy atom. The molecule has 20 heavy (non-hydrogen) atoms. The molecule has 1 aliphatic heterocycles. The molecule has 0 saturated carbocycles. The van der Waals surface area contributed by atoms with Gasteiger partial charge >= 0.3 is 0 Å². The monoisotopic (exact) mass is 264 g/mol. The Hall–Kier alpha value is -1.64. The number of benzene rings is 2. The second-order valence-corrected chi connectivity index (χ2v) is 5.97. The standard InChI is InChI=1S/C18H20N2/c19-13-6-5-11-20(12-13)18-16-9-3-1-7-14(16)15-8-2-4-10-17(15)18/h1-4,7-10,13,18H,5-6,11-12,19H2/t13-/m1/s1. The van der Waals surface area contributed by atoms with Gasteiger partial charge in [-0.3, -0.25) is 4.90 Å². The Morgan fingerprint density at radius 3 is 2.10 bits per heavy atom. The van der Waals surface area contributed by atoms with E-state index in [-0.39, 0.29) is 0 Å². The van der Waals surface area contributed by atoms with E-state index in [0.29, 0.717) is 12.1 Å². The summed E-state index contributed by atoms with van der Waals surface area (Å²) in [6.45, 7) is 2.16. The minimum Gasteiger partial charge on any atom is -0.327 e. The zero-order valence-electron chi connectivity index (χ0n) is 11.6. The molecule has 0 radical (unpaired) electrons. The number of fused-ring (bicyclic) bond motifs is 3. The summed E-state index contributed by atoms with van der Waals surface area (Å²) in [5.41, 5.74) is 11.9. The van der Waals surface area contributed by atoms with Crippen molar-refractivity contribution < 1.29 is 0 Å². The first-order chi connectivity index (χ1) is 9.84. The summed E-state index contributed by atoms with van der Waals surface area (Å²) < 4.78 is 0. The largest absolute Gasteiger partial charge is 0.327 e. The molecule has 1 atom stereocenters. The van der Waals surface area contributed by atoms with Gasteiger partial charge in [-0.2, -0.15) is 0 Å². The number of hydrogen-bond donors (Lipinski definition) is 1. The molecule has 0 spiro atoms. The van der Waals surface area contributed by atoms with E-state index < -0.39 is 0 Å². The van der Waals surface area contributed by atoms with Crippen LogP contribution >= 0.6 is 0 Å². The maximum Gasteiger partial charge on any atom is 0.0614 e. The Kier molecular flexibility index (Phi) is 2.86. The molecule has 2 heteroatoms. The van der Waals surface area contributed by atoms with Gasteiger partial charge in [0.1, 0.15) is 0 Å². The smallest absolute Gasteiger partial charge is 0.0614 e. The van der Waals surface area contributed by atoms with Crippen molar-refractivity contribution in [3.05, 3.63) is 59.7 Å². The molecule has 0 amide bonds. The average molecular weight is 264 g/mol. The number of piperidine rings is 1. The van der Waals surface area contributed by atoms with E-state index in [1.165, 1.54) is 28.7 Å². The van der Waals surface area contributed by atoms with Crippen molar-refractivity contribution in [2.24, 2.45) is 5.73 Å². The van der Waals surface area contributed by atoms with Gasteiger partial charge in [-0.05, 0) is 41.6 Å². The molecular weight excluding hydrogens is 244 g/mol. The fourth-order valence-electron chi connectivity index (χ4n) is 3.80. The van der Waals surface area contributed by atoms with Crippen molar-refractivity contribution in [2.45, 2.75) is 24.9 Å². The number of nitrogens with two attached hydrogens (primary N) is 1. The number of rotatable bonds is 1. The maximum absolute atomic E-state index is 6.19. The van der Waals surface area contributed by atoms with Gasteiger partial charge in [0.25, 0.3) is 0 Å². The molecule has 0 unspecified atom stereocenters. The number of nitrogens with zero attached hydrogens (tertiary/aromatic N) is 1. The minimum atomic E-state index is 0.323. The minimum absolute atomic E-state index is 0.323. The zero-order valence-corrected chi connectivity index (χ0v) is 11.6. The van der Waals surface area contributed by atoms with E-state index in [0.717, 1.165) is 19.5 Å². The molecule has 0 bridgehead atoms. The highest BCUT2D eigenvalue weighted by Gasteiger charge is 2.34. The lowest BCUT2D eigenvalue weighted by Crippen LogP contribution is -2.44. The van der Waals surface area contributed by atoms with E-state index in [2.05, 4.69) is 53.4 Å².